The van der Waals surface area contributed by atoms with Crippen LogP contribution >= 0.6 is 15.9 Å². The van der Waals surface area contributed by atoms with Gasteiger partial charge < -0.3 is 14.8 Å². The van der Waals surface area contributed by atoms with Crippen molar-refractivity contribution in [1.29, 1.82) is 0 Å². The number of Topliss-reactive ketones (excluding diaryl/α,β-unsaturated/α-hetero) is 1. The van der Waals surface area contributed by atoms with Gasteiger partial charge in [0.2, 0.25) is 0 Å². The lowest BCUT2D eigenvalue weighted by Crippen LogP contribution is -2.39. The summed E-state index contributed by atoms with van der Waals surface area (Å²) in [4.78, 5) is 26.4. The molecule has 0 saturated carbocycles. The van der Waals surface area contributed by atoms with Crippen molar-refractivity contribution in [2.45, 2.75) is 59.5 Å². The van der Waals surface area contributed by atoms with Gasteiger partial charge in [0.25, 0.3) is 0 Å². The number of rotatable bonds is 6. The minimum Gasteiger partial charge on any atom is -0.460 e. The fraction of sp³-hybridized carbons (Fsp3) is 0.500. The zero-order chi connectivity index (χ0) is 22.1. The van der Waals surface area contributed by atoms with Gasteiger partial charge in [-0.2, -0.15) is 0 Å². The molecule has 1 heterocycles. The molecule has 1 atom stereocenters. The molecule has 0 bridgehead atoms. The van der Waals surface area contributed by atoms with E-state index in [9.17, 15) is 9.59 Å². The lowest BCUT2D eigenvalue weighted by atomic mass is 9.68. The zero-order valence-electron chi connectivity index (χ0n) is 18.3. The van der Waals surface area contributed by atoms with E-state index in [1.807, 2.05) is 45.0 Å². The monoisotopic (exact) mass is 475 g/mol. The molecule has 3 rings (SSSR count). The maximum atomic E-state index is 13.2. The van der Waals surface area contributed by atoms with Crippen LogP contribution in [0.4, 0.5) is 0 Å². The number of nitrogens with one attached hydrogen (secondary N) is 1. The predicted molar refractivity (Wildman–Crippen MR) is 120 cm³/mol. The van der Waals surface area contributed by atoms with Gasteiger partial charge in [-0.15, -0.1) is 0 Å². The van der Waals surface area contributed by atoms with Gasteiger partial charge in [0, 0.05) is 33.8 Å². The summed E-state index contributed by atoms with van der Waals surface area (Å²) < 4.78 is 11.9. The average molecular weight is 476 g/mol. The van der Waals surface area contributed by atoms with Crippen LogP contribution in [-0.2, 0) is 19.1 Å². The third kappa shape index (κ3) is 4.86. The van der Waals surface area contributed by atoms with E-state index in [0.717, 1.165) is 27.9 Å². The highest BCUT2D eigenvalue weighted by atomic mass is 79.9. The second-order valence-electron chi connectivity index (χ2n) is 9.01. The number of esters is 1. The van der Waals surface area contributed by atoms with Gasteiger partial charge in [-0.1, -0.05) is 48.0 Å². The van der Waals surface area contributed by atoms with Crippen molar-refractivity contribution in [2.24, 2.45) is 5.41 Å². The van der Waals surface area contributed by atoms with Gasteiger partial charge in [0.15, 0.2) is 5.78 Å². The number of ketones is 1. The summed E-state index contributed by atoms with van der Waals surface area (Å²) >= 11 is 3.62. The van der Waals surface area contributed by atoms with E-state index in [2.05, 4.69) is 35.1 Å². The summed E-state index contributed by atoms with van der Waals surface area (Å²) in [6.07, 6.45) is 1.29. The quantitative estimate of drug-likeness (QED) is 0.462. The molecule has 0 saturated heterocycles. The van der Waals surface area contributed by atoms with E-state index in [4.69, 9.17) is 9.47 Å². The van der Waals surface area contributed by atoms with Crippen LogP contribution in [0, 0.1) is 5.41 Å². The van der Waals surface area contributed by atoms with E-state index < -0.39 is 11.9 Å². The van der Waals surface area contributed by atoms with E-state index in [-0.39, 0.29) is 23.9 Å². The Balaban J connectivity index is 2.00. The average Bonchev–Trinajstić information content (AvgIpc) is 2.63. The molecule has 2 aliphatic rings. The number of hydrogen-bond donors (Lipinski definition) is 1. The Morgan fingerprint density at radius 3 is 2.60 bits per heavy atom. The van der Waals surface area contributed by atoms with E-state index in [1.165, 1.54) is 0 Å². The van der Waals surface area contributed by atoms with Crippen LogP contribution < -0.4 is 5.32 Å². The van der Waals surface area contributed by atoms with Crippen LogP contribution in [0.1, 0.15) is 58.9 Å². The molecule has 0 fully saturated rings. The van der Waals surface area contributed by atoms with Crippen LogP contribution in [0.15, 0.2) is 51.3 Å². The third-order valence-corrected chi connectivity index (χ3v) is 6.17. The molecule has 30 heavy (non-hydrogen) atoms. The second-order valence-corrected chi connectivity index (χ2v) is 9.86. The molecule has 6 heteroatoms. The number of carbonyl (C=O) groups is 2. The molecule has 162 valence electrons. The summed E-state index contributed by atoms with van der Waals surface area (Å²) in [5, 5.41) is 3.35. The van der Waals surface area contributed by atoms with Crippen molar-refractivity contribution in [3.63, 3.8) is 0 Å². The minimum absolute atomic E-state index is 0.0740. The normalized spacial score (nSPS) is 20.9. The predicted octanol–water partition coefficient (Wildman–Crippen LogP) is 5.02. The van der Waals surface area contributed by atoms with Crippen molar-refractivity contribution < 1.29 is 19.1 Å². The highest BCUT2D eigenvalue weighted by molar-refractivity contribution is 9.10. The lowest BCUT2D eigenvalue weighted by Gasteiger charge is -2.39. The van der Waals surface area contributed by atoms with E-state index in [0.29, 0.717) is 24.2 Å². The summed E-state index contributed by atoms with van der Waals surface area (Å²) in [6, 6.07) is 7.74. The van der Waals surface area contributed by atoms with Crippen LogP contribution in [-0.4, -0.2) is 31.1 Å². The first-order valence-electron chi connectivity index (χ1n) is 10.4. The van der Waals surface area contributed by atoms with E-state index >= 15 is 0 Å². The molecule has 1 N–H and O–H groups in total. The molecule has 0 spiro atoms. The highest BCUT2D eigenvalue weighted by Gasteiger charge is 2.43. The number of benzene rings is 1. The van der Waals surface area contributed by atoms with Gasteiger partial charge in [-0.3, -0.25) is 4.79 Å². The Bertz CT molecular complexity index is 914. The standard InChI is InChI=1S/C24H30BrNO4/c1-14(2)29-10-11-30-23(28)20-15(3)26-18-12-24(4,5)13-19(27)22(18)21(20)16-8-6-7-9-17(16)25/h6-9,14,21,26H,10-13H2,1-5H3. The number of ether oxygens (including phenoxy) is 2. The van der Waals surface area contributed by atoms with Crippen molar-refractivity contribution in [3.05, 3.63) is 56.8 Å². The first kappa shape index (κ1) is 22.8. The molecule has 0 aromatic heterocycles. The highest BCUT2D eigenvalue weighted by Crippen LogP contribution is 2.48. The smallest absolute Gasteiger partial charge is 0.336 e. The maximum absolute atomic E-state index is 13.2. The molecule has 1 aliphatic carbocycles. The second kappa shape index (κ2) is 9.06. The van der Waals surface area contributed by atoms with Gasteiger partial charge in [0.05, 0.1) is 18.3 Å². The van der Waals surface area contributed by atoms with Crippen LogP contribution in [0.5, 0.6) is 0 Å². The fourth-order valence-corrected chi connectivity index (χ4v) is 4.74. The molecular weight excluding hydrogens is 446 g/mol. The van der Waals surface area contributed by atoms with Crippen LogP contribution in [0.25, 0.3) is 0 Å². The molecule has 5 nitrogen and oxygen atoms in total. The summed E-state index contributed by atoms with van der Waals surface area (Å²) in [5.41, 5.74) is 3.58. The summed E-state index contributed by atoms with van der Waals surface area (Å²) in [7, 11) is 0. The molecule has 0 radical (unpaired) electrons. The Hall–Kier alpha value is -1.92. The third-order valence-electron chi connectivity index (χ3n) is 5.44. The summed E-state index contributed by atoms with van der Waals surface area (Å²) in [5.74, 6) is -0.799. The number of halogens is 1. The Morgan fingerprint density at radius 1 is 1.23 bits per heavy atom. The SMILES string of the molecule is CC1=C(C(=O)OCCOC(C)C)C(c2ccccc2Br)C2=C(CC(C)(C)CC2=O)N1. The largest absolute Gasteiger partial charge is 0.460 e. The van der Waals surface area contributed by atoms with Crippen molar-refractivity contribution in [3.8, 4) is 0 Å². The van der Waals surface area contributed by atoms with Crippen LogP contribution in [0.2, 0.25) is 0 Å². The lowest BCUT2D eigenvalue weighted by molar-refractivity contribution is -0.141. The maximum Gasteiger partial charge on any atom is 0.336 e. The summed E-state index contributed by atoms with van der Waals surface area (Å²) in [6.45, 7) is 10.5. The molecule has 1 aliphatic heterocycles. The van der Waals surface area contributed by atoms with Crippen molar-refractivity contribution >= 4 is 27.7 Å². The number of carbonyl (C=O) groups excluding carboxylic acids is 2. The topological polar surface area (TPSA) is 64.6 Å². The van der Waals surface area contributed by atoms with Crippen LogP contribution in [0.3, 0.4) is 0 Å². The molecule has 1 aromatic carbocycles. The number of hydrogen-bond acceptors (Lipinski definition) is 5. The van der Waals surface area contributed by atoms with Gasteiger partial charge in [-0.05, 0) is 44.2 Å². The molecule has 1 aromatic rings. The Kier molecular flexibility index (Phi) is 6.88. The minimum atomic E-state index is -0.459. The van der Waals surface area contributed by atoms with E-state index in [1.54, 1.807) is 0 Å². The zero-order valence-corrected chi connectivity index (χ0v) is 19.9. The van der Waals surface area contributed by atoms with Gasteiger partial charge in [0.1, 0.15) is 6.61 Å². The number of allylic oxidation sites excluding steroid dienone is 3. The van der Waals surface area contributed by atoms with Gasteiger partial charge in [-0.25, -0.2) is 4.79 Å². The fourth-order valence-electron chi connectivity index (χ4n) is 4.22. The van der Waals surface area contributed by atoms with Gasteiger partial charge >= 0.3 is 5.97 Å². The Labute approximate surface area is 187 Å². The first-order valence-corrected chi connectivity index (χ1v) is 11.2. The Morgan fingerprint density at radius 2 is 1.93 bits per heavy atom. The molecular formula is C24H30BrNO4. The first-order chi connectivity index (χ1) is 14.1. The van der Waals surface area contributed by atoms with Crippen molar-refractivity contribution in [1.82, 2.24) is 5.32 Å². The molecule has 0 amide bonds. The molecule has 1 unspecified atom stereocenters. The number of dihydropyridines is 1. The van der Waals surface area contributed by atoms with Crippen molar-refractivity contribution in [2.75, 3.05) is 13.2 Å².